The maximum Gasteiger partial charge on any atom is 0.191 e. The number of aliphatic imine (C=N–C) groups is 1. The van der Waals surface area contributed by atoms with Crippen LogP contribution in [0.2, 0.25) is 0 Å². The van der Waals surface area contributed by atoms with Crippen molar-refractivity contribution in [3.8, 4) is 17.1 Å². The Morgan fingerprint density at radius 1 is 1.31 bits per heavy atom. The van der Waals surface area contributed by atoms with Gasteiger partial charge in [0.1, 0.15) is 11.6 Å². The molecule has 9 nitrogen and oxygen atoms in total. The Balaban J connectivity index is 1.34. The minimum atomic E-state index is 0.280. The molecule has 0 spiro atoms. The Morgan fingerprint density at radius 2 is 2.17 bits per heavy atom. The maximum atomic E-state index is 5.67. The number of guanidine groups is 1. The van der Waals surface area contributed by atoms with Crippen molar-refractivity contribution in [2.24, 2.45) is 4.99 Å². The molecule has 1 atom stereocenters. The van der Waals surface area contributed by atoms with Gasteiger partial charge in [0.25, 0.3) is 0 Å². The molecular weight excluding hydrogens is 372 g/mol. The summed E-state index contributed by atoms with van der Waals surface area (Å²) in [4.78, 5) is 8.74. The third kappa shape index (κ3) is 6.72. The summed E-state index contributed by atoms with van der Waals surface area (Å²) < 4.78 is 16.4. The average molecular weight is 402 g/mol. The van der Waals surface area contributed by atoms with E-state index < -0.39 is 0 Å². The standard InChI is InChI=1S/C20H30N6O3/c1-21-20(22-10-4-11-28-14-17-5-3-12-29-17)23-13-18-24-19(26-25-18)15-6-8-16(27-2)9-7-15/h6-9,17H,3-5,10-14H2,1-2H3,(H2,21,22,23)(H,24,25,26). The van der Waals surface area contributed by atoms with E-state index in [1.54, 1.807) is 14.2 Å². The fourth-order valence-corrected chi connectivity index (χ4v) is 3.00. The molecule has 2 heterocycles. The lowest BCUT2D eigenvalue weighted by Crippen LogP contribution is -2.37. The van der Waals surface area contributed by atoms with Gasteiger partial charge in [-0.05, 0) is 43.5 Å². The zero-order chi connectivity index (χ0) is 20.3. The number of methoxy groups -OCH3 is 1. The number of hydrogen-bond donors (Lipinski definition) is 3. The van der Waals surface area contributed by atoms with E-state index in [9.17, 15) is 0 Å². The van der Waals surface area contributed by atoms with Crippen LogP contribution >= 0.6 is 0 Å². The van der Waals surface area contributed by atoms with Gasteiger partial charge in [0.2, 0.25) is 0 Å². The van der Waals surface area contributed by atoms with Crippen LogP contribution in [0, 0.1) is 0 Å². The molecule has 0 amide bonds. The van der Waals surface area contributed by atoms with Gasteiger partial charge in [0.15, 0.2) is 11.8 Å². The molecule has 158 valence electrons. The van der Waals surface area contributed by atoms with Gasteiger partial charge in [-0.15, -0.1) is 0 Å². The molecule has 0 bridgehead atoms. The second-order valence-corrected chi connectivity index (χ2v) is 6.75. The molecule has 0 radical (unpaired) electrons. The summed E-state index contributed by atoms with van der Waals surface area (Å²) in [5.41, 5.74) is 0.929. The van der Waals surface area contributed by atoms with Crippen LogP contribution in [0.5, 0.6) is 5.75 Å². The van der Waals surface area contributed by atoms with Gasteiger partial charge in [-0.3, -0.25) is 10.1 Å². The van der Waals surface area contributed by atoms with Gasteiger partial charge in [0, 0.05) is 32.4 Å². The predicted octanol–water partition coefficient (Wildman–Crippen LogP) is 1.73. The smallest absolute Gasteiger partial charge is 0.191 e. The van der Waals surface area contributed by atoms with E-state index >= 15 is 0 Å². The monoisotopic (exact) mass is 402 g/mol. The minimum absolute atomic E-state index is 0.280. The van der Waals surface area contributed by atoms with Gasteiger partial charge < -0.3 is 24.8 Å². The summed E-state index contributed by atoms with van der Waals surface area (Å²) in [6.45, 7) is 3.54. The lowest BCUT2D eigenvalue weighted by atomic mass is 10.2. The van der Waals surface area contributed by atoms with E-state index in [0.29, 0.717) is 31.5 Å². The van der Waals surface area contributed by atoms with Crippen LogP contribution in [0.15, 0.2) is 29.3 Å². The first-order valence-corrected chi connectivity index (χ1v) is 9.98. The van der Waals surface area contributed by atoms with E-state index in [-0.39, 0.29) is 6.10 Å². The highest BCUT2D eigenvalue weighted by Crippen LogP contribution is 2.18. The van der Waals surface area contributed by atoms with Gasteiger partial charge in [-0.25, -0.2) is 4.98 Å². The van der Waals surface area contributed by atoms with Crippen molar-refractivity contribution < 1.29 is 14.2 Å². The lowest BCUT2D eigenvalue weighted by Gasteiger charge is -2.12. The maximum absolute atomic E-state index is 5.67. The summed E-state index contributed by atoms with van der Waals surface area (Å²) in [6, 6.07) is 7.64. The molecule has 1 fully saturated rings. The first-order chi connectivity index (χ1) is 14.3. The molecule has 1 unspecified atom stereocenters. The van der Waals surface area contributed by atoms with Gasteiger partial charge >= 0.3 is 0 Å². The summed E-state index contributed by atoms with van der Waals surface area (Å²) in [6.07, 6.45) is 3.43. The van der Waals surface area contributed by atoms with Gasteiger partial charge in [-0.1, -0.05) is 0 Å². The molecular formula is C20H30N6O3. The fraction of sp³-hybridized carbons (Fsp3) is 0.550. The third-order valence-corrected chi connectivity index (χ3v) is 4.61. The molecule has 9 heteroatoms. The highest BCUT2D eigenvalue weighted by Gasteiger charge is 2.14. The average Bonchev–Trinajstić information content (AvgIpc) is 3.45. The number of aromatic amines is 1. The van der Waals surface area contributed by atoms with Crippen LogP contribution < -0.4 is 15.4 Å². The minimum Gasteiger partial charge on any atom is -0.497 e. The van der Waals surface area contributed by atoms with Crippen molar-refractivity contribution in [1.82, 2.24) is 25.8 Å². The number of nitrogens with one attached hydrogen (secondary N) is 3. The largest absolute Gasteiger partial charge is 0.497 e. The van der Waals surface area contributed by atoms with Crippen LogP contribution in [0.4, 0.5) is 0 Å². The van der Waals surface area contributed by atoms with Crippen molar-refractivity contribution in [3.05, 3.63) is 30.1 Å². The number of benzene rings is 1. The highest BCUT2D eigenvalue weighted by molar-refractivity contribution is 5.79. The van der Waals surface area contributed by atoms with E-state index in [0.717, 1.165) is 49.6 Å². The van der Waals surface area contributed by atoms with Crippen LogP contribution in [0.25, 0.3) is 11.4 Å². The topological polar surface area (TPSA) is 106 Å². The summed E-state index contributed by atoms with van der Waals surface area (Å²) >= 11 is 0. The quantitative estimate of drug-likeness (QED) is 0.316. The van der Waals surface area contributed by atoms with Crippen LogP contribution in [0.1, 0.15) is 25.1 Å². The molecule has 1 aromatic heterocycles. The molecule has 1 aliphatic rings. The number of rotatable bonds is 10. The molecule has 3 N–H and O–H groups in total. The zero-order valence-corrected chi connectivity index (χ0v) is 17.1. The fourth-order valence-electron chi connectivity index (χ4n) is 3.00. The van der Waals surface area contributed by atoms with E-state index in [2.05, 4.69) is 30.8 Å². The lowest BCUT2D eigenvalue weighted by molar-refractivity contribution is 0.0168. The Bertz CT molecular complexity index is 756. The van der Waals surface area contributed by atoms with E-state index in [1.807, 2.05) is 24.3 Å². The highest BCUT2D eigenvalue weighted by atomic mass is 16.5. The number of hydrogen-bond acceptors (Lipinski definition) is 6. The summed E-state index contributed by atoms with van der Waals surface area (Å²) in [5, 5.41) is 13.7. The SMILES string of the molecule is CN=C(NCCCOCC1CCCO1)NCc1nc(-c2ccc(OC)cc2)n[nH]1. The summed E-state index contributed by atoms with van der Waals surface area (Å²) in [7, 11) is 3.39. The van der Waals surface area contributed by atoms with E-state index in [4.69, 9.17) is 14.2 Å². The number of H-pyrrole nitrogens is 1. The molecule has 1 aliphatic heterocycles. The van der Waals surface area contributed by atoms with Crippen molar-refractivity contribution in [3.63, 3.8) is 0 Å². The van der Waals surface area contributed by atoms with Crippen molar-refractivity contribution >= 4 is 5.96 Å². The second-order valence-electron chi connectivity index (χ2n) is 6.75. The molecule has 2 aromatic rings. The molecule has 0 saturated carbocycles. The Labute approximate surface area is 171 Å². The Kier molecular flexibility index (Phi) is 8.26. The molecule has 29 heavy (non-hydrogen) atoms. The summed E-state index contributed by atoms with van der Waals surface area (Å²) in [5.74, 6) is 2.90. The van der Waals surface area contributed by atoms with Crippen molar-refractivity contribution in [1.29, 1.82) is 0 Å². The Morgan fingerprint density at radius 3 is 2.90 bits per heavy atom. The number of ether oxygens (including phenoxy) is 3. The molecule has 1 saturated heterocycles. The van der Waals surface area contributed by atoms with E-state index in [1.165, 1.54) is 0 Å². The molecule has 0 aliphatic carbocycles. The van der Waals surface area contributed by atoms with Gasteiger partial charge in [-0.2, -0.15) is 5.10 Å². The number of nitrogens with zero attached hydrogens (tertiary/aromatic N) is 3. The first-order valence-electron chi connectivity index (χ1n) is 9.98. The van der Waals surface area contributed by atoms with Crippen molar-refractivity contribution in [2.45, 2.75) is 31.9 Å². The predicted molar refractivity (Wildman–Crippen MR) is 111 cm³/mol. The van der Waals surface area contributed by atoms with Crippen LogP contribution in [-0.2, 0) is 16.0 Å². The third-order valence-electron chi connectivity index (χ3n) is 4.61. The van der Waals surface area contributed by atoms with Crippen LogP contribution in [-0.4, -0.2) is 67.8 Å². The van der Waals surface area contributed by atoms with Gasteiger partial charge in [0.05, 0.1) is 26.4 Å². The molecule has 1 aromatic carbocycles. The Hall–Kier alpha value is -2.65. The normalized spacial score (nSPS) is 16.8. The van der Waals surface area contributed by atoms with Crippen LogP contribution in [0.3, 0.4) is 0 Å². The second kappa shape index (κ2) is 11.4. The number of aromatic nitrogens is 3. The molecule has 3 rings (SSSR count). The van der Waals surface area contributed by atoms with Crippen molar-refractivity contribution in [2.75, 3.05) is 40.5 Å². The first kappa shape index (κ1) is 21.1. The zero-order valence-electron chi connectivity index (χ0n) is 17.1.